The molecular weight excluding hydrogens is 204 g/mol. The standard InChI is InChI=1S/C11H16N4O/c1-6(2)15-9(16)5-4-8-7(3)13-11(12)14-10(8)15/h4-6,9,16H,1-3H3,(H2,12,13,14). The van der Waals surface area contributed by atoms with E-state index in [-0.39, 0.29) is 12.0 Å². The van der Waals surface area contributed by atoms with Crippen LogP contribution in [0.1, 0.15) is 25.1 Å². The van der Waals surface area contributed by atoms with Crippen LogP contribution < -0.4 is 10.6 Å². The largest absolute Gasteiger partial charge is 0.370 e. The molecule has 1 unspecified atom stereocenters. The second-order valence-electron chi connectivity index (χ2n) is 4.18. The SMILES string of the molecule is Cc1nc(N)nc2c1C=CC(O)N2C(C)C. The van der Waals surface area contributed by atoms with Crippen LogP contribution in [0.15, 0.2) is 6.08 Å². The van der Waals surface area contributed by atoms with Crippen LogP contribution in [-0.4, -0.2) is 27.3 Å². The Labute approximate surface area is 94.6 Å². The van der Waals surface area contributed by atoms with E-state index in [1.54, 1.807) is 6.08 Å². The molecule has 2 rings (SSSR count). The van der Waals surface area contributed by atoms with Crippen LogP contribution in [0.3, 0.4) is 0 Å². The zero-order valence-electron chi connectivity index (χ0n) is 9.68. The van der Waals surface area contributed by atoms with Gasteiger partial charge >= 0.3 is 0 Å². The molecule has 5 nitrogen and oxygen atoms in total. The number of aliphatic hydroxyl groups excluding tert-OH is 1. The van der Waals surface area contributed by atoms with E-state index in [1.165, 1.54) is 0 Å². The van der Waals surface area contributed by atoms with E-state index in [0.717, 1.165) is 11.3 Å². The Hall–Kier alpha value is -1.62. The van der Waals surface area contributed by atoms with Gasteiger partial charge in [-0.3, -0.25) is 0 Å². The minimum absolute atomic E-state index is 0.146. The molecule has 1 aliphatic rings. The van der Waals surface area contributed by atoms with Gasteiger partial charge in [0, 0.05) is 11.6 Å². The molecule has 0 amide bonds. The van der Waals surface area contributed by atoms with Crippen LogP contribution >= 0.6 is 0 Å². The van der Waals surface area contributed by atoms with Crippen molar-refractivity contribution >= 4 is 17.8 Å². The van der Waals surface area contributed by atoms with Crippen LogP contribution in [-0.2, 0) is 0 Å². The Bertz CT molecular complexity index is 442. The lowest BCUT2D eigenvalue weighted by atomic mass is 10.1. The molecule has 2 heterocycles. The Morgan fingerprint density at radius 3 is 2.75 bits per heavy atom. The van der Waals surface area contributed by atoms with Gasteiger partial charge < -0.3 is 15.7 Å². The predicted molar refractivity (Wildman–Crippen MR) is 63.8 cm³/mol. The number of anilines is 2. The first kappa shape index (κ1) is 10.9. The summed E-state index contributed by atoms with van der Waals surface area (Å²) < 4.78 is 0. The minimum atomic E-state index is -0.652. The molecule has 0 saturated heterocycles. The Balaban J connectivity index is 2.60. The molecule has 3 N–H and O–H groups in total. The summed E-state index contributed by atoms with van der Waals surface area (Å²) in [6.45, 7) is 5.89. The Morgan fingerprint density at radius 2 is 2.12 bits per heavy atom. The molecule has 1 aromatic rings. The van der Waals surface area contributed by atoms with Crippen molar-refractivity contribution in [3.8, 4) is 0 Å². The van der Waals surface area contributed by atoms with Crippen LogP contribution in [0.4, 0.5) is 11.8 Å². The highest BCUT2D eigenvalue weighted by atomic mass is 16.3. The van der Waals surface area contributed by atoms with Crippen molar-refractivity contribution in [3.63, 3.8) is 0 Å². The highest BCUT2D eigenvalue weighted by Crippen LogP contribution is 2.30. The van der Waals surface area contributed by atoms with E-state index in [2.05, 4.69) is 9.97 Å². The highest BCUT2D eigenvalue weighted by molar-refractivity contribution is 5.71. The topological polar surface area (TPSA) is 75.3 Å². The van der Waals surface area contributed by atoms with Gasteiger partial charge in [-0.25, -0.2) is 4.98 Å². The number of aromatic nitrogens is 2. The number of hydrogen-bond acceptors (Lipinski definition) is 5. The first-order chi connectivity index (χ1) is 7.50. The highest BCUT2D eigenvalue weighted by Gasteiger charge is 2.26. The molecule has 0 aliphatic carbocycles. The van der Waals surface area contributed by atoms with Crippen LogP contribution in [0.25, 0.3) is 6.08 Å². The zero-order valence-corrected chi connectivity index (χ0v) is 9.68. The minimum Gasteiger partial charge on any atom is -0.370 e. The van der Waals surface area contributed by atoms with E-state index in [9.17, 15) is 5.11 Å². The first-order valence-electron chi connectivity index (χ1n) is 5.29. The lowest BCUT2D eigenvalue weighted by Crippen LogP contribution is -2.42. The van der Waals surface area contributed by atoms with E-state index in [0.29, 0.717) is 5.82 Å². The van der Waals surface area contributed by atoms with Gasteiger partial charge in [0.2, 0.25) is 5.95 Å². The smallest absolute Gasteiger partial charge is 0.222 e. The summed E-state index contributed by atoms with van der Waals surface area (Å²) in [6.07, 6.45) is 2.92. The van der Waals surface area contributed by atoms with E-state index in [4.69, 9.17) is 5.73 Å². The van der Waals surface area contributed by atoms with Gasteiger partial charge in [-0.2, -0.15) is 4.98 Å². The number of aliphatic hydroxyl groups is 1. The van der Waals surface area contributed by atoms with Gasteiger partial charge in [-0.05, 0) is 32.9 Å². The van der Waals surface area contributed by atoms with Gasteiger partial charge in [0.15, 0.2) is 0 Å². The molecule has 0 spiro atoms. The summed E-state index contributed by atoms with van der Waals surface area (Å²) in [5.41, 5.74) is 7.39. The molecule has 16 heavy (non-hydrogen) atoms. The monoisotopic (exact) mass is 220 g/mol. The number of fused-ring (bicyclic) bond motifs is 1. The molecular formula is C11H16N4O. The number of nitrogen functional groups attached to an aromatic ring is 1. The second kappa shape index (κ2) is 3.75. The third-order valence-electron chi connectivity index (χ3n) is 2.65. The normalized spacial score (nSPS) is 19.1. The van der Waals surface area contributed by atoms with Crippen molar-refractivity contribution in [2.24, 2.45) is 0 Å². The first-order valence-corrected chi connectivity index (χ1v) is 5.29. The summed E-state index contributed by atoms with van der Waals surface area (Å²) >= 11 is 0. The van der Waals surface area contributed by atoms with Gasteiger partial charge in [0.05, 0.1) is 5.69 Å². The third kappa shape index (κ3) is 1.63. The van der Waals surface area contributed by atoms with E-state index in [1.807, 2.05) is 31.7 Å². The number of hydrogen-bond donors (Lipinski definition) is 2. The number of rotatable bonds is 1. The van der Waals surface area contributed by atoms with Gasteiger partial charge in [-0.1, -0.05) is 0 Å². The molecule has 5 heteroatoms. The van der Waals surface area contributed by atoms with Crippen molar-refractivity contribution < 1.29 is 5.11 Å². The van der Waals surface area contributed by atoms with Crippen LogP contribution in [0.2, 0.25) is 0 Å². The maximum absolute atomic E-state index is 9.91. The van der Waals surface area contributed by atoms with E-state index >= 15 is 0 Å². The van der Waals surface area contributed by atoms with Crippen molar-refractivity contribution in [2.45, 2.75) is 33.0 Å². The molecule has 1 aromatic heterocycles. The lowest BCUT2D eigenvalue weighted by Gasteiger charge is -2.35. The van der Waals surface area contributed by atoms with Crippen molar-refractivity contribution in [3.05, 3.63) is 17.3 Å². The van der Waals surface area contributed by atoms with Crippen molar-refractivity contribution in [2.75, 3.05) is 10.6 Å². The Kier molecular flexibility index (Phi) is 2.55. The molecule has 86 valence electrons. The fraction of sp³-hybridized carbons (Fsp3) is 0.455. The molecule has 1 atom stereocenters. The Morgan fingerprint density at radius 1 is 1.44 bits per heavy atom. The van der Waals surface area contributed by atoms with Gasteiger partial charge in [0.25, 0.3) is 0 Å². The maximum Gasteiger partial charge on any atom is 0.222 e. The zero-order chi connectivity index (χ0) is 11.9. The van der Waals surface area contributed by atoms with Crippen molar-refractivity contribution in [1.29, 1.82) is 0 Å². The fourth-order valence-electron chi connectivity index (χ4n) is 1.93. The number of nitrogens with two attached hydrogens (primary N) is 1. The third-order valence-corrected chi connectivity index (χ3v) is 2.65. The predicted octanol–water partition coefficient (Wildman–Crippen LogP) is 0.927. The number of aryl methyl sites for hydroxylation is 1. The molecule has 0 fully saturated rings. The summed E-state index contributed by atoms with van der Waals surface area (Å²) in [7, 11) is 0. The van der Waals surface area contributed by atoms with Crippen molar-refractivity contribution in [1.82, 2.24) is 9.97 Å². The average molecular weight is 220 g/mol. The van der Waals surface area contributed by atoms with Gasteiger partial charge in [-0.15, -0.1) is 0 Å². The average Bonchev–Trinajstić information content (AvgIpc) is 2.15. The lowest BCUT2D eigenvalue weighted by molar-refractivity contribution is 0.206. The molecule has 0 bridgehead atoms. The van der Waals surface area contributed by atoms with E-state index < -0.39 is 6.23 Å². The molecule has 0 radical (unpaired) electrons. The quantitative estimate of drug-likeness (QED) is 0.736. The summed E-state index contributed by atoms with van der Waals surface area (Å²) in [6, 6.07) is 0.146. The molecule has 0 saturated carbocycles. The summed E-state index contributed by atoms with van der Waals surface area (Å²) in [5.74, 6) is 0.944. The molecule has 1 aliphatic heterocycles. The summed E-state index contributed by atoms with van der Waals surface area (Å²) in [5, 5.41) is 9.91. The second-order valence-corrected chi connectivity index (χ2v) is 4.18. The summed E-state index contributed by atoms with van der Waals surface area (Å²) in [4.78, 5) is 10.1. The maximum atomic E-state index is 9.91. The van der Waals surface area contributed by atoms with Crippen LogP contribution in [0.5, 0.6) is 0 Å². The molecule has 0 aromatic carbocycles. The van der Waals surface area contributed by atoms with Gasteiger partial charge in [0.1, 0.15) is 12.0 Å². The van der Waals surface area contributed by atoms with Crippen LogP contribution in [0, 0.1) is 6.92 Å². The number of nitrogens with zero attached hydrogens (tertiary/aromatic N) is 3. The fourth-order valence-corrected chi connectivity index (χ4v) is 1.93.